The minimum absolute atomic E-state index is 0.0350. The van der Waals surface area contributed by atoms with Gasteiger partial charge in [-0.25, -0.2) is 4.79 Å². The summed E-state index contributed by atoms with van der Waals surface area (Å²) in [6.45, 7) is 8.04. The minimum atomic E-state index is -1.41. The van der Waals surface area contributed by atoms with E-state index in [4.69, 9.17) is 35.2 Å². The summed E-state index contributed by atoms with van der Waals surface area (Å²) >= 11 is 0. The highest BCUT2D eigenvalue weighted by molar-refractivity contribution is 6.04. The van der Waals surface area contributed by atoms with Crippen LogP contribution in [0.5, 0.6) is 0 Å². The molecule has 4 N–H and O–H groups in total. The van der Waals surface area contributed by atoms with Crippen LogP contribution < -0.4 is 11.5 Å². The number of nitrogens with two attached hydrogens (primary N) is 2. The number of carbonyl (C=O) groups excluding carboxylic acids is 2. The van der Waals surface area contributed by atoms with Gasteiger partial charge in [0.1, 0.15) is 5.60 Å². The molecule has 0 aromatic heterocycles. The fourth-order valence-electron chi connectivity index (χ4n) is 2.63. The Kier molecular flexibility index (Phi) is 13.9. The van der Waals surface area contributed by atoms with Gasteiger partial charge in [-0.2, -0.15) is 0 Å². The Bertz CT molecular complexity index is 649. The fraction of sp³-hybridized carbons (Fsp3) is 0.652. The number of Topliss-reactive ketones (excluding diaryl/α,β-unsaturated/α-hetero) is 1. The monoisotopic (exact) mass is 454 g/mol. The quantitative estimate of drug-likeness (QED) is 0.200. The molecular formula is C23H38N2O7. The van der Waals surface area contributed by atoms with Crippen LogP contribution in [0.4, 0.5) is 0 Å². The molecule has 0 saturated carbocycles. The maximum Gasteiger partial charge on any atom is 0.343 e. The summed E-state index contributed by atoms with van der Waals surface area (Å²) in [5, 5.41) is 0. The topological polar surface area (TPSA) is 132 Å². The van der Waals surface area contributed by atoms with Gasteiger partial charge in [0.15, 0.2) is 5.78 Å². The average molecular weight is 455 g/mol. The standard InChI is InChI=1S/C23H38N2O7/c1-23(2,3)32-22(27)21(20(26)19(25)17-18-7-5-4-6-8-18)31-16-15-30-14-13-29-12-11-28-10-9-24/h4-8,19,21H,9-17,24-25H2,1-3H3/t19-,21?/m0/s1. The summed E-state index contributed by atoms with van der Waals surface area (Å²) in [6.07, 6.45) is -1.11. The lowest BCUT2D eigenvalue weighted by atomic mass is 10.00. The van der Waals surface area contributed by atoms with E-state index in [0.717, 1.165) is 5.56 Å². The predicted molar refractivity (Wildman–Crippen MR) is 120 cm³/mol. The lowest BCUT2D eigenvalue weighted by molar-refractivity contribution is -0.172. The second-order valence-electron chi connectivity index (χ2n) is 8.11. The zero-order chi connectivity index (χ0) is 23.8. The van der Waals surface area contributed by atoms with Gasteiger partial charge in [0, 0.05) is 6.54 Å². The number of ketones is 1. The number of ether oxygens (including phenoxy) is 5. The van der Waals surface area contributed by atoms with Crippen molar-refractivity contribution in [3.8, 4) is 0 Å². The van der Waals surface area contributed by atoms with Gasteiger partial charge >= 0.3 is 5.97 Å². The second-order valence-corrected chi connectivity index (χ2v) is 8.11. The van der Waals surface area contributed by atoms with Crippen LogP contribution >= 0.6 is 0 Å². The molecule has 0 aliphatic carbocycles. The highest BCUT2D eigenvalue weighted by Gasteiger charge is 2.35. The van der Waals surface area contributed by atoms with Gasteiger partial charge in [-0.05, 0) is 32.8 Å². The SMILES string of the molecule is CC(C)(C)OC(=O)C(OCCOCCOCCOCCN)C(=O)[C@@H](N)Cc1ccccc1. The molecule has 0 aliphatic heterocycles. The van der Waals surface area contributed by atoms with Crippen molar-refractivity contribution < 1.29 is 33.3 Å². The molecule has 0 radical (unpaired) electrons. The van der Waals surface area contributed by atoms with Gasteiger partial charge in [0.05, 0.1) is 52.3 Å². The van der Waals surface area contributed by atoms with Gasteiger partial charge < -0.3 is 35.2 Å². The van der Waals surface area contributed by atoms with E-state index in [2.05, 4.69) is 0 Å². The van der Waals surface area contributed by atoms with E-state index < -0.39 is 29.5 Å². The Hall–Kier alpha value is -1.88. The zero-order valence-electron chi connectivity index (χ0n) is 19.4. The Labute approximate surface area is 190 Å². The molecule has 0 saturated heterocycles. The molecule has 9 nitrogen and oxygen atoms in total. The first kappa shape index (κ1) is 28.2. The molecule has 1 unspecified atom stereocenters. The van der Waals surface area contributed by atoms with Crippen LogP contribution in [0.1, 0.15) is 26.3 Å². The van der Waals surface area contributed by atoms with Gasteiger partial charge in [-0.15, -0.1) is 0 Å². The van der Waals surface area contributed by atoms with Crippen LogP contribution in [0.3, 0.4) is 0 Å². The Balaban J connectivity index is 2.45. The number of carbonyl (C=O) groups is 2. The Morgan fingerprint density at radius 2 is 1.41 bits per heavy atom. The molecule has 9 heteroatoms. The summed E-state index contributed by atoms with van der Waals surface area (Å²) in [5.74, 6) is -1.28. The van der Waals surface area contributed by atoms with E-state index in [1.165, 1.54) is 0 Å². The molecule has 0 bridgehead atoms. The van der Waals surface area contributed by atoms with Crippen molar-refractivity contribution >= 4 is 11.8 Å². The highest BCUT2D eigenvalue weighted by Crippen LogP contribution is 2.13. The van der Waals surface area contributed by atoms with Crippen LogP contribution in [0, 0.1) is 0 Å². The van der Waals surface area contributed by atoms with Crippen molar-refractivity contribution in [3.63, 3.8) is 0 Å². The normalized spacial score (nSPS) is 13.5. The summed E-state index contributed by atoms with van der Waals surface area (Å²) in [7, 11) is 0. The molecule has 1 aromatic carbocycles. The van der Waals surface area contributed by atoms with Crippen molar-refractivity contribution in [1.82, 2.24) is 0 Å². The minimum Gasteiger partial charge on any atom is -0.458 e. The van der Waals surface area contributed by atoms with Crippen LogP contribution in [0.2, 0.25) is 0 Å². The molecule has 182 valence electrons. The smallest absolute Gasteiger partial charge is 0.343 e. The summed E-state index contributed by atoms with van der Waals surface area (Å²) in [6, 6.07) is 8.45. The molecule has 1 rings (SSSR count). The zero-order valence-corrected chi connectivity index (χ0v) is 19.4. The van der Waals surface area contributed by atoms with Gasteiger partial charge in [0.25, 0.3) is 0 Å². The number of benzene rings is 1. The molecule has 0 heterocycles. The first-order valence-corrected chi connectivity index (χ1v) is 10.9. The van der Waals surface area contributed by atoms with Gasteiger partial charge in [0.2, 0.25) is 6.10 Å². The Morgan fingerprint density at radius 3 is 1.94 bits per heavy atom. The number of esters is 1. The Morgan fingerprint density at radius 1 is 0.875 bits per heavy atom. The van der Waals surface area contributed by atoms with Crippen molar-refractivity contribution in [1.29, 1.82) is 0 Å². The van der Waals surface area contributed by atoms with Crippen molar-refractivity contribution in [2.45, 2.75) is 44.9 Å². The van der Waals surface area contributed by atoms with E-state index in [1.807, 2.05) is 30.3 Å². The molecule has 1 aromatic rings. The molecule has 32 heavy (non-hydrogen) atoms. The van der Waals surface area contributed by atoms with Gasteiger partial charge in [-0.1, -0.05) is 30.3 Å². The lowest BCUT2D eigenvalue weighted by Gasteiger charge is -2.25. The third-order valence-corrected chi connectivity index (χ3v) is 4.06. The van der Waals surface area contributed by atoms with Crippen molar-refractivity contribution in [3.05, 3.63) is 35.9 Å². The molecule has 0 spiro atoms. The molecule has 0 aliphatic rings. The predicted octanol–water partition coefficient (Wildman–Crippen LogP) is 0.861. The van der Waals surface area contributed by atoms with E-state index in [-0.39, 0.29) is 13.2 Å². The summed E-state index contributed by atoms with van der Waals surface area (Å²) in [5.41, 5.74) is 11.5. The molecule has 0 amide bonds. The van der Waals surface area contributed by atoms with Crippen molar-refractivity contribution in [2.75, 3.05) is 52.8 Å². The van der Waals surface area contributed by atoms with Crippen LogP contribution in [-0.2, 0) is 39.7 Å². The molecule has 2 atom stereocenters. The maximum atomic E-state index is 12.9. The molecule has 0 fully saturated rings. The number of hydrogen-bond donors (Lipinski definition) is 2. The fourth-order valence-corrected chi connectivity index (χ4v) is 2.63. The lowest BCUT2D eigenvalue weighted by Crippen LogP contribution is -2.47. The number of rotatable bonds is 17. The highest BCUT2D eigenvalue weighted by atomic mass is 16.6. The van der Waals surface area contributed by atoms with Crippen molar-refractivity contribution in [2.24, 2.45) is 11.5 Å². The van der Waals surface area contributed by atoms with E-state index >= 15 is 0 Å². The third-order valence-electron chi connectivity index (χ3n) is 4.06. The summed E-state index contributed by atoms with van der Waals surface area (Å²) in [4.78, 5) is 25.4. The van der Waals surface area contributed by atoms with E-state index in [0.29, 0.717) is 46.0 Å². The third kappa shape index (κ3) is 12.8. The summed E-state index contributed by atoms with van der Waals surface area (Å²) < 4.78 is 26.9. The van der Waals surface area contributed by atoms with Gasteiger partial charge in [-0.3, -0.25) is 4.79 Å². The van der Waals surface area contributed by atoms with Crippen LogP contribution in [0.25, 0.3) is 0 Å². The maximum absolute atomic E-state index is 12.9. The number of hydrogen-bond acceptors (Lipinski definition) is 9. The second kappa shape index (κ2) is 15.8. The average Bonchev–Trinajstić information content (AvgIpc) is 2.73. The molecular weight excluding hydrogens is 416 g/mol. The van der Waals surface area contributed by atoms with E-state index in [9.17, 15) is 9.59 Å². The van der Waals surface area contributed by atoms with Crippen LogP contribution in [-0.4, -0.2) is 82.3 Å². The first-order chi connectivity index (χ1) is 15.2. The first-order valence-electron chi connectivity index (χ1n) is 10.9. The largest absolute Gasteiger partial charge is 0.458 e. The van der Waals surface area contributed by atoms with Crippen LogP contribution in [0.15, 0.2) is 30.3 Å². The van der Waals surface area contributed by atoms with E-state index in [1.54, 1.807) is 20.8 Å².